The fourth-order valence-corrected chi connectivity index (χ4v) is 6.29. The molecule has 8 heteroatoms. The predicted octanol–water partition coefficient (Wildman–Crippen LogP) is 2.38. The first-order chi connectivity index (χ1) is 16.0. The molecule has 4 atom stereocenters. The quantitative estimate of drug-likeness (QED) is 0.526. The Morgan fingerprint density at radius 3 is 2.52 bits per heavy atom. The second-order valence-corrected chi connectivity index (χ2v) is 9.09. The normalized spacial score (nSPS) is 30.0. The van der Waals surface area contributed by atoms with E-state index < -0.39 is 23.3 Å². The van der Waals surface area contributed by atoms with Gasteiger partial charge in [-0.25, -0.2) is 0 Å². The van der Waals surface area contributed by atoms with Crippen LogP contribution < -0.4 is 9.47 Å². The molecule has 4 aliphatic rings. The summed E-state index contributed by atoms with van der Waals surface area (Å²) in [4.78, 5) is 42.6. The van der Waals surface area contributed by atoms with Crippen molar-refractivity contribution in [3.05, 3.63) is 48.0 Å². The lowest BCUT2D eigenvalue weighted by molar-refractivity contribution is -0.158. The molecule has 8 nitrogen and oxygen atoms in total. The van der Waals surface area contributed by atoms with E-state index in [1.54, 1.807) is 0 Å². The Bertz CT molecular complexity index is 1180. The van der Waals surface area contributed by atoms with Gasteiger partial charge >= 0.3 is 5.97 Å². The van der Waals surface area contributed by atoms with Gasteiger partial charge in [-0.3, -0.25) is 24.2 Å². The molecule has 0 aliphatic carbocycles. The molecular formula is C25H24N2O6. The van der Waals surface area contributed by atoms with Crippen molar-refractivity contribution in [3.63, 3.8) is 0 Å². The molecule has 2 amide bonds. The highest BCUT2D eigenvalue weighted by Crippen LogP contribution is 2.59. The standard InChI is InChI=1S/C25H24N2O6/c1-26-22(28)19-20(23(26)29)25(24(30)31-2)10-3-11-27(25)21(19)15-6-4-14(5-7-15)16-8-9-17-18(12-16)33-13-32-17/h4-9,12,19-21H,3,10-11,13H2,1-2H3/t19-,20-,21+,25-/m0/s1. The van der Waals surface area contributed by atoms with Crippen LogP contribution in [0.15, 0.2) is 42.5 Å². The molecule has 0 spiro atoms. The summed E-state index contributed by atoms with van der Waals surface area (Å²) in [5, 5.41) is 0. The molecule has 0 N–H and O–H groups in total. The summed E-state index contributed by atoms with van der Waals surface area (Å²) < 4.78 is 16.1. The number of carbonyl (C=O) groups excluding carboxylic acids is 3. The SMILES string of the molecule is COC(=O)[C@@]12CCCN1[C@H](c1ccc(-c3ccc4c(c3)OCO4)cc1)[C@H]1C(=O)N(C)C(=O)[C@H]12. The third-order valence-corrected chi connectivity index (χ3v) is 7.73. The number of methoxy groups -OCH3 is 1. The van der Waals surface area contributed by atoms with Gasteiger partial charge in [0.1, 0.15) is 5.54 Å². The van der Waals surface area contributed by atoms with Crippen LogP contribution >= 0.6 is 0 Å². The molecule has 3 saturated heterocycles. The van der Waals surface area contributed by atoms with Crippen LogP contribution in [-0.4, -0.2) is 60.6 Å². The summed E-state index contributed by atoms with van der Waals surface area (Å²) in [6, 6.07) is 13.4. The van der Waals surface area contributed by atoms with E-state index in [9.17, 15) is 14.4 Å². The molecule has 0 unspecified atom stereocenters. The number of amides is 2. The highest BCUT2D eigenvalue weighted by Gasteiger charge is 2.72. The summed E-state index contributed by atoms with van der Waals surface area (Å²) in [6.07, 6.45) is 1.29. The van der Waals surface area contributed by atoms with Crippen molar-refractivity contribution in [2.75, 3.05) is 27.5 Å². The maximum Gasteiger partial charge on any atom is 0.327 e. The van der Waals surface area contributed by atoms with Crippen molar-refractivity contribution in [3.8, 4) is 22.6 Å². The van der Waals surface area contributed by atoms with Gasteiger partial charge in [0, 0.05) is 13.1 Å². The zero-order chi connectivity index (χ0) is 22.9. The van der Waals surface area contributed by atoms with Crippen molar-refractivity contribution in [2.45, 2.75) is 24.4 Å². The summed E-state index contributed by atoms with van der Waals surface area (Å²) in [6.45, 7) is 0.863. The van der Waals surface area contributed by atoms with E-state index in [-0.39, 0.29) is 24.6 Å². The number of fused-ring (bicyclic) bond motifs is 4. The van der Waals surface area contributed by atoms with Gasteiger partial charge in [-0.1, -0.05) is 30.3 Å². The number of hydrogen-bond donors (Lipinski definition) is 0. The minimum Gasteiger partial charge on any atom is -0.468 e. The van der Waals surface area contributed by atoms with E-state index >= 15 is 0 Å². The van der Waals surface area contributed by atoms with E-state index in [0.29, 0.717) is 18.7 Å². The summed E-state index contributed by atoms with van der Waals surface area (Å²) in [5.41, 5.74) is 1.82. The molecule has 0 aromatic heterocycles. The van der Waals surface area contributed by atoms with Gasteiger partial charge in [0.15, 0.2) is 11.5 Å². The van der Waals surface area contributed by atoms with Crippen LogP contribution in [0.25, 0.3) is 11.1 Å². The number of nitrogens with zero attached hydrogens (tertiary/aromatic N) is 2. The minimum atomic E-state index is -1.09. The Hall–Kier alpha value is -3.39. The lowest BCUT2D eigenvalue weighted by atomic mass is 9.77. The molecule has 0 bridgehead atoms. The topological polar surface area (TPSA) is 85.4 Å². The van der Waals surface area contributed by atoms with Crippen molar-refractivity contribution in [2.24, 2.45) is 11.8 Å². The molecular weight excluding hydrogens is 424 g/mol. The molecule has 0 radical (unpaired) electrons. The Labute approximate surface area is 191 Å². The molecule has 0 saturated carbocycles. The van der Waals surface area contributed by atoms with Crippen LogP contribution in [0.3, 0.4) is 0 Å². The molecule has 33 heavy (non-hydrogen) atoms. The predicted molar refractivity (Wildman–Crippen MR) is 116 cm³/mol. The first-order valence-corrected chi connectivity index (χ1v) is 11.1. The van der Waals surface area contributed by atoms with E-state index in [4.69, 9.17) is 14.2 Å². The Kier molecular flexibility index (Phi) is 4.32. The van der Waals surface area contributed by atoms with Crippen LogP contribution in [0.4, 0.5) is 0 Å². The zero-order valence-electron chi connectivity index (χ0n) is 18.4. The van der Waals surface area contributed by atoms with Crippen molar-refractivity contribution in [1.82, 2.24) is 9.80 Å². The van der Waals surface area contributed by atoms with Crippen LogP contribution in [-0.2, 0) is 19.1 Å². The maximum atomic E-state index is 13.2. The molecule has 2 aromatic carbocycles. The number of esters is 1. The van der Waals surface area contributed by atoms with Gasteiger partial charge in [0.2, 0.25) is 18.6 Å². The van der Waals surface area contributed by atoms with Crippen LogP contribution in [0, 0.1) is 11.8 Å². The van der Waals surface area contributed by atoms with Crippen molar-refractivity contribution >= 4 is 17.8 Å². The highest BCUT2D eigenvalue weighted by molar-refractivity contribution is 6.09. The fraction of sp³-hybridized carbons (Fsp3) is 0.400. The number of rotatable bonds is 3. The molecule has 2 aromatic rings. The van der Waals surface area contributed by atoms with Crippen LogP contribution in [0.2, 0.25) is 0 Å². The number of ether oxygens (including phenoxy) is 3. The zero-order valence-corrected chi connectivity index (χ0v) is 18.4. The minimum absolute atomic E-state index is 0.223. The van der Waals surface area contributed by atoms with Crippen LogP contribution in [0.5, 0.6) is 11.5 Å². The number of carbonyl (C=O) groups is 3. The van der Waals surface area contributed by atoms with Gasteiger partial charge in [-0.2, -0.15) is 0 Å². The van der Waals surface area contributed by atoms with Crippen molar-refractivity contribution < 1.29 is 28.6 Å². The van der Waals surface area contributed by atoms with Gasteiger partial charge in [-0.15, -0.1) is 0 Å². The highest BCUT2D eigenvalue weighted by atomic mass is 16.7. The third-order valence-electron chi connectivity index (χ3n) is 7.73. The average Bonchev–Trinajstić information content (AvgIpc) is 3.58. The molecule has 3 fully saturated rings. The first-order valence-electron chi connectivity index (χ1n) is 11.1. The number of imide groups is 1. The lowest BCUT2D eigenvalue weighted by Gasteiger charge is -2.35. The average molecular weight is 448 g/mol. The third kappa shape index (κ3) is 2.58. The van der Waals surface area contributed by atoms with E-state index in [0.717, 1.165) is 28.9 Å². The van der Waals surface area contributed by atoms with Gasteiger partial charge in [0.05, 0.1) is 18.9 Å². The lowest BCUT2D eigenvalue weighted by Crippen LogP contribution is -2.54. The molecule has 6 rings (SSSR count). The van der Waals surface area contributed by atoms with Crippen molar-refractivity contribution in [1.29, 1.82) is 0 Å². The van der Waals surface area contributed by atoms with Gasteiger partial charge in [-0.05, 0) is 48.2 Å². The molecule has 4 heterocycles. The Balaban J connectivity index is 1.40. The summed E-state index contributed by atoms with van der Waals surface area (Å²) in [5.74, 6) is -0.815. The van der Waals surface area contributed by atoms with E-state index in [1.165, 1.54) is 19.1 Å². The van der Waals surface area contributed by atoms with E-state index in [2.05, 4.69) is 0 Å². The fourth-order valence-electron chi connectivity index (χ4n) is 6.29. The second-order valence-electron chi connectivity index (χ2n) is 9.09. The Morgan fingerprint density at radius 1 is 1.03 bits per heavy atom. The summed E-state index contributed by atoms with van der Waals surface area (Å²) in [7, 11) is 2.86. The number of hydrogen-bond acceptors (Lipinski definition) is 7. The Morgan fingerprint density at radius 2 is 1.76 bits per heavy atom. The summed E-state index contributed by atoms with van der Waals surface area (Å²) >= 11 is 0. The number of benzene rings is 2. The van der Waals surface area contributed by atoms with E-state index in [1.807, 2.05) is 47.4 Å². The number of likely N-dealkylation sites (tertiary alicyclic amines) is 1. The molecule has 4 aliphatic heterocycles. The van der Waals surface area contributed by atoms with Gasteiger partial charge in [0.25, 0.3) is 0 Å². The first kappa shape index (κ1) is 20.2. The van der Waals surface area contributed by atoms with Gasteiger partial charge < -0.3 is 14.2 Å². The second kappa shape index (κ2) is 7.05. The smallest absolute Gasteiger partial charge is 0.327 e. The molecule has 170 valence electrons. The maximum absolute atomic E-state index is 13.2. The largest absolute Gasteiger partial charge is 0.468 e. The van der Waals surface area contributed by atoms with Crippen LogP contribution in [0.1, 0.15) is 24.4 Å². The monoisotopic (exact) mass is 448 g/mol.